The first kappa shape index (κ1) is 17.7. The van der Waals surface area contributed by atoms with Crippen molar-refractivity contribution in [2.75, 3.05) is 6.61 Å². The summed E-state index contributed by atoms with van der Waals surface area (Å²) in [5.41, 5.74) is -1.67. The van der Waals surface area contributed by atoms with Crippen molar-refractivity contribution in [3.63, 3.8) is 0 Å². The van der Waals surface area contributed by atoms with Crippen molar-refractivity contribution in [2.45, 2.75) is 42.8 Å². The second kappa shape index (κ2) is 6.19. The first-order valence-electron chi connectivity index (χ1n) is 8.61. The quantitative estimate of drug-likeness (QED) is 0.834. The Labute approximate surface area is 155 Å². The van der Waals surface area contributed by atoms with E-state index in [1.165, 1.54) is 0 Å². The van der Waals surface area contributed by atoms with Gasteiger partial charge in [0, 0.05) is 22.4 Å². The molecule has 0 bridgehead atoms. The standard InChI is InChI=1S/C20H19ClF2O3/c21-13-3-1-12(2-4-13)9-19-8-7-14(24)10-20(19,25)11-26-18-16(23)6-5-15(22)17(18)19/h1-6,14,24-25H,7-11H2/t14-,19?,20+/m0/s1. The molecule has 2 aromatic rings. The molecule has 3 atom stereocenters. The minimum absolute atomic E-state index is 0.0516. The minimum Gasteiger partial charge on any atom is -0.487 e. The van der Waals surface area contributed by atoms with Gasteiger partial charge < -0.3 is 14.9 Å². The first-order valence-corrected chi connectivity index (χ1v) is 8.99. The van der Waals surface area contributed by atoms with Crippen molar-refractivity contribution >= 4 is 11.6 Å². The van der Waals surface area contributed by atoms with Crippen molar-refractivity contribution in [2.24, 2.45) is 0 Å². The fraction of sp³-hybridized carbons (Fsp3) is 0.400. The summed E-state index contributed by atoms with van der Waals surface area (Å²) in [6.45, 7) is -0.189. The minimum atomic E-state index is -1.49. The Morgan fingerprint density at radius 3 is 2.54 bits per heavy atom. The largest absolute Gasteiger partial charge is 0.487 e. The van der Waals surface area contributed by atoms with Crippen LogP contribution < -0.4 is 4.74 Å². The summed E-state index contributed by atoms with van der Waals surface area (Å²) >= 11 is 5.95. The molecule has 3 nitrogen and oxygen atoms in total. The molecular weight excluding hydrogens is 362 g/mol. The first-order chi connectivity index (χ1) is 12.3. The van der Waals surface area contributed by atoms with Crippen LogP contribution >= 0.6 is 11.6 Å². The van der Waals surface area contributed by atoms with E-state index in [1.54, 1.807) is 12.1 Å². The maximum absolute atomic E-state index is 14.9. The van der Waals surface area contributed by atoms with E-state index in [4.69, 9.17) is 16.3 Å². The van der Waals surface area contributed by atoms with Crippen LogP contribution in [0.5, 0.6) is 5.75 Å². The van der Waals surface area contributed by atoms with E-state index in [9.17, 15) is 19.0 Å². The molecule has 1 fully saturated rings. The van der Waals surface area contributed by atoms with Crippen LogP contribution in [0, 0.1) is 11.6 Å². The predicted molar refractivity (Wildman–Crippen MR) is 93.5 cm³/mol. The highest BCUT2D eigenvalue weighted by atomic mass is 35.5. The van der Waals surface area contributed by atoms with Crippen LogP contribution in [0.3, 0.4) is 0 Å². The van der Waals surface area contributed by atoms with Crippen LogP contribution in [0.4, 0.5) is 8.78 Å². The monoisotopic (exact) mass is 380 g/mol. The Hall–Kier alpha value is -1.69. The Morgan fingerprint density at radius 2 is 1.81 bits per heavy atom. The molecule has 2 N–H and O–H groups in total. The third-order valence-corrected chi connectivity index (χ3v) is 6.03. The fourth-order valence-corrected chi connectivity index (χ4v) is 4.62. The summed E-state index contributed by atoms with van der Waals surface area (Å²) < 4.78 is 34.6. The maximum Gasteiger partial charge on any atom is 0.165 e. The van der Waals surface area contributed by atoms with Gasteiger partial charge in [0.05, 0.1) is 6.10 Å². The van der Waals surface area contributed by atoms with Crippen LogP contribution in [0.1, 0.15) is 30.4 Å². The normalized spacial score (nSPS) is 30.3. The molecule has 6 heteroatoms. The Balaban J connectivity index is 1.91. The van der Waals surface area contributed by atoms with Crippen molar-refractivity contribution in [3.8, 4) is 5.75 Å². The van der Waals surface area contributed by atoms with Crippen LogP contribution in [-0.2, 0) is 11.8 Å². The number of halogens is 3. The highest BCUT2D eigenvalue weighted by Crippen LogP contribution is 2.55. The molecule has 0 spiro atoms. The van der Waals surface area contributed by atoms with Gasteiger partial charge in [-0.05, 0) is 49.1 Å². The Morgan fingerprint density at radius 1 is 1.12 bits per heavy atom. The molecule has 0 amide bonds. The van der Waals surface area contributed by atoms with Crippen molar-refractivity contribution in [1.29, 1.82) is 0 Å². The molecule has 2 aromatic carbocycles. The molecule has 1 unspecified atom stereocenters. The van der Waals surface area contributed by atoms with E-state index in [0.717, 1.165) is 17.7 Å². The molecule has 0 aromatic heterocycles. The molecule has 0 saturated heterocycles. The van der Waals surface area contributed by atoms with Gasteiger partial charge in [-0.1, -0.05) is 23.7 Å². The summed E-state index contributed by atoms with van der Waals surface area (Å²) in [6, 6.07) is 9.19. The molecule has 2 aliphatic rings. The van der Waals surface area contributed by atoms with Crippen LogP contribution in [0.25, 0.3) is 0 Å². The van der Waals surface area contributed by atoms with Crippen molar-refractivity contribution < 1.29 is 23.7 Å². The molecule has 1 saturated carbocycles. The molecule has 1 heterocycles. The topological polar surface area (TPSA) is 49.7 Å². The number of rotatable bonds is 2. The van der Waals surface area contributed by atoms with Gasteiger partial charge in [0.2, 0.25) is 0 Å². The summed E-state index contributed by atoms with van der Waals surface area (Å²) in [4.78, 5) is 0. The van der Waals surface area contributed by atoms with E-state index < -0.39 is 28.8 Å². The molecule has 138 valence electrons. The zero-order valence-corrected chi connectivity index (χ0v) is 14.8. The number of aliphatic hydroxyl groups is 2. The summed E-state index contributed by atoms with van der Waals surface area (Å²) in [5, 5.41) is 22.1. The third-order valence-electron chi connectivity index (χ3n) is 5.78. The number of fused-ring (bicyclic) bond motifs is 3. The number of aliphatic hydroxyl groups excluding tert-OH is 1. The van der Waals surface area contributed by atoms with Gasteiger partial charge >= 0.3 is 0 Å². The Kier molecular flexibility index (Phi) is 4.21. The highest BCUT2D eigenvalue weighted by molar-refractivity contribution is 6.30. The smallest absolute Gasteiger partial charge is 0.165 e. The second-order valence-corrected chi connectivity index (χ2v) is 7.77. The number of hydrogen-bond donors (Lipinski definition) is 2. The highest BCUT2D eigenvalue weighted by Gasteiger charge is 2.60. The lowest BCUT2D eigenvalue weighted by Crippen LogP contribution is -2.63. The zero-order chi connectivity index (χ0) is 18.5. The molecule has 0 radical (unpaired) electrons. The van der Waals surface area contributed by atoms with Crippen LogP contribution in [0.15, 0.2) is 36.4 Å². The zero-order valence-electron chi connectivity index (χ0n) is 14.0. The van der Waals surface area contributed by atoms with E-state index >= 15 is 0 Å². The maximum atomic E-state index is 14.9. The van der Waals surface area contributed by atoms with Crippen LogP contribution in [0.2, 0.25) is 5.02 Å². The average molecular weight is 381 g/mol. The van der Waals surface area contributed by atoms with Gasteiger partial charge in [0.15, 0.2) is 11.6 Å². The van der Waals surface area contributed by atoms with Gasteiger partial charge in [-0.15, -0.1) is 0 Å². The molecular formula is C20H19ClF2O3. The second-order valence-electron chi connectivity index (χ2n) is 7.34. The van der Waals surface area contributed by atoms with Crippen LogP contribution in [-0.4, -0.2) is 28.5 Å². The van der Waals surface area contributed by atoms with Gasteiger partial charge in [0.1, 0.15) is 18.0 Å². The number of ether oxygens (including phenoxy) is 1. The number of hydrogen-bond acceptors (Lipinski definition) is 3. The van der Waals surface area contributed by atoms with E-state index in [-0.39, 0.29) is 24.3 Å². The van der Waals surface area contributed by atoms with Crippen molar-refractivity contribution in [3.05, 3.63) is 64.2 Å². The lowest BCUT2D eigenvalue weighted by molar-refractivity contribution is -0.141. The molecule has 4 rings (SSSR count). The van der Waals surface area contributed by atoms with E-state index in [0.29, 0.717) is 24.3 Å². The molecule has 26 heavy (non-hydrogen) atoms. The van der Waals surface area contributed by atoms with Gasteiger partial charge in [-0.3, -0.25) is 0 Å². The van der Waals surface area contributed by atoms with Gasteiger partial charge in [0.25, 0.3) is 0 Å². The molecule has 1 aliphatic heterocycles. The summed E-state index contributed by atoms with van der Waals surface area (Å²) in [6.07, 6.45) is 0.357. The summed E-state index contributed by atoms with van der Waals surface area (Å²) in [5.74, 6) is -1.39. The SMILES string of the molecule is O[C@H]1CCC2(Cc3ccc(Cl)cc3)c3c(F)ccc(F)c3OC[C@]2(O)C1. The van der Waals surface area contributed by atoms with E-state index in [2.05, 4.69) is 0 Å². The number of benzene rings is 2. The lowest BCUT2D eigenvalue weighted by atomic mass is 9.55. The average Bonchev–Trinajstić information content (AvgIpc) is 2.60. The van der Waals surface area contributed by atoms with Gasteiger partial charge in [-0.2, -0.15) is 0 Å². The third kappa shape index (κ3) is 2.61. The fourth-order valence-electron chi connectivity index (χ4n) is 4.49. The lowest BCUT2D eigenvalue weighted by Gasteiger charge is -2.54. The van der Waals surface area contributed by atoms with Crippen molar-refractivity contribution in [1.82, 2.24) is 0 Å². The molecule has 1 aliphatic carbocycles. The van der Waals surface area contributed by atoms with E-state index in [1.807, 2.05) is 12.1 Å². The summed E-state index contributed by atoms with van der Waals surface area (Å²) in [7, 11) is 0. The predicted octanol–water partition coefficient (Wildman–Crippen LogP) is 3.77. The Bertz CT molecular complexity index is 842. The van der Waals surface area contributed by atoms with Gasteiger partial charge in [-0.25, -0.2) is 8.78 Å².